The number of anilines is 1. The molecule has 0 aromatic heterocycles. The molecule has 4 rings (SSSR count). The number of carboxylic acid groups (broad SMARTS) is 1. The minimum absolute atomic E-state index is 0.0345. The van der Waals surface area contributed by atoms with E-state index in [0.717, 1.165) is 18.4 Å². The molecule has 3 aromatic carbocycles. The molecule has 0 spiro atoms. The van der Waals surface area contributed by atoms with Gasteiger partial charge >= 0.3 is 5.97 Å². The molecule has 1 aliphatic heterocycles. The van der Waals surface area contributed by atoms with Gasteiger partial charge in [0.2, 0.25) is 0 Å². The smallest absolute Gasteiger partial charge is 0.335 e. The first-order valence-corrected chi connectivity index (χ1v) is 18.3. The number of sulfonamides is 1. The van der Waals surface area contributed by atoms with Crippen molar-refractivity contribution in [2.75, 3.05) is 45.2 Å². The van der Waals surface area contributed by atoms with Crippen molar-refractivity contribution in [3.63, 3.8) is 0 Å². The lowest BCUT2D eigenvalue weighted by molar-refractivity contribution is -0.0177. The van der Waals surface area contributed by atoms with Crippen LogP contribution in [0.25, 0.3) is 0 Å². The van der Waals surface area contributed by atoms with Crippen LogP contribution in [0.5, 0.6) is 11.5 Å². The number of methoxy groups -OCH3 is 1. The summed E-state index contributed by atoms with van der Waals surface area (Å²) in [5, 5.41) is 19.5. The maximum atomic E-state index is 14.4. The molecule has 1 aliphatic rings. The van der Waals surface area contributed by atoms with Gasteiger partial charge in [0.25, 0.3) is 15.9 Å². The molecule has 272 valence electrons. The summed E-state index contributed by atoms with van der Waals surface area (Å²) in [5.41, 5.74) is 1.55. The number of amides is 1. The Hall–Kier alpha value is -4.17. The Kier molecular flexibility index (Phi) is 13.6. The van der Waals surface area contributed by atoms with E-state index in [1.54, 1.807) is 60.4 Å². The quantitative estimate of drug-likeness (QED) is 0.244. The van der Waals surface area contributed by atoms with E-state index in [-0.39, 0.29) is 53.0 Å². The number of carbonyl (C=O) groups excluding carboxylic acids is 1. The van der Waals surface area contributed by atoms with E-state index in [9.17, 15) is 28.2 Å². The highest BCUT2D eigenvalue weighted by molar-refractivity contribution is 7.92. The van der Waals surface area contributed by atoms with Gasteiger partial charge in [0.1, 0.15) is 11.5 Å². The predicted molar refractivity (Wildman–Crippen MR) is 190 cm³/mol. The summed E-state index contributed by atoms with van der Waals surface area (Å²) in [4.78, 5) is 29.4. The number of ether oxygens (including phenoxy) is 3. The van der Waals surface area contributed by atoms with E-state index < -0.39 is 27.9 Å². The number of likely N-dealkylation sites (N-methyl/N-ethyl adjacent to an activating group) is 1. The molecule has 0 saturated heterocycles. The monoisotopic (exact) mass is 711 g/mol. The van der Waals surface area contributed by atoms with Crippen LogP contribution in [0.2, 0.25) is 0 Å². The van der Waals surface area contributed by atoms with Gasteiger partial charge in [-0.25, -0.2) is 13.2 Å². The van der Waals surface area contributed by atoms with E-state index in [1.165, 1.54) is 25.3 Å². The molecule has 1 amide bonds. The first kappa shape index (κ1) is 38.6. The highest BCUT2D eigenvalue weighted by atomic mass is 32.2. The van der Waals surface area contributed by atoms with Crippen molar-refractivity contribution in [2.24, 2.45) is 5.92 Å². The molecule has 0 aliphatic carbocycles. The van der Waals surface area contributed by atoms with E-state index in [0.29, 0.717) is 37.6 Å². The first-order valence-electron chi connectivity index (χ1n) is 16.8. The molecule has 3 N–H and O–H groups in total. The van der Waals surface area contributed by atoms with E-state index >= 15 is 0 Å². The molecule has 13 heteroatoms. The fourth-order valence-electron chi connectivity index (χ4n) is 5.85. The number of hydrogen-bond acceptors (Lipinski definition) is 9. The van der Waals surface area contributed by atoms with Gasteiger partial charge in [-0.3, -0.25) is 14.4 Å². The summed E-state index contributed by atoms with van der Waals surface area (Å²) in [6.07, 6.45) is 1.87. The van der Waals surface area contributed by atoms with Crippen molar-refractivity contribution in [3.05, 3.63) is 83.4 Å². The molecular formula is C37H49N3O9S. The van der Waals surface area contributed by atoms with Gasteiger partial charge in [0.15, 0.2) is 0 Å². The molecule has 4 atom stereocenters. The average molecular weight is 712 g/mol. The van der Waals surface area contributed by atoms with Crippen LogP contribution in [0.3, 0.4) is 0 Å². The van der Waals surface area contributed by atoms with Crippen LogP contribution in [0.15, 0.2) is 71.6 Å². The van der Waals surface area contributed by atoms with Gasteiger partial charge in [0.05, 0.1) is 48.0 Å². The minimum atomic E-state index is -3.99. The standard InChI is InChI=1S/C37H49N3O9S/c1-25-21-40(26(2)24-41)36(42)33-20-30(38-50(45,46)32-16-14-31(47-5)15-17-32)13-18-34(33)49-27(3)8-6-7-19-48-35(25)23-39(4)22-28-9-11-29(12-10-28)37(43)44/h9-18,20,25-27,35,38,41H,6-8,19,21-24H2,1-5H3,(H,43,44)/t25-,26+,27-,35+/m1/s1. The number of fused-ring (bicyclic) bond motifs is 1. The van der Waals surface area contributed by atoms with Crippen LogP contribution in [0.1, 0.15) is 66.3 Å². The van der Waals surface area contributed by atoms with Crippen LogP contribution >= 0.6 is 0 Å². The van der Waals surface area contributed by atoms with Gasteiger partial charge in [-0.05, 0) is 100 Å². The van der Waals surface area contributed by atoms with Crippen molar-refractivity contribution in [2.45, 2.75) is 69.7 Å². The topological polar surface area (TPSA) is 155 Å². The van der Waals surface area contributed by atoms with Crippen LogP contribution < -0.4 is 14.2 Å². The van der Waals surface area contributed by atoms with Crippen molar-refractivity contribution in [3.8, 4) is 11.5 Å². The van der Waals surface area contributed by atoms with Gasteiger partial charge in [-0.1, -0.05) is 19.1 Å². The zero-order chi connectivity index (χ0) is 36.4. The number of carbonyl (C=O) groups is 2. The predicted octanol–water partition coefficient (Wildman–Crippen LogP) is 5.12. The van der Waals surface area contributed by atoms with Crippen LogP contribution in [-0.4, -0.2) is 99.0 Å². The summed E-state index contributed by atoms with van der Waals surface area (Å²) in [7, 11) is -0.527. The summed E-state index contributed by atoms with van der Waals surface area (Å²) < 4.78 is 47.0. The number of carboxylic acids is 1. The Morgan fingerprint density at radius 3 is 2.42 bits per heavy atom. The van der Waals surface area contributed by atoms with Gasteiger partial charge in [-0.2, -0.15) is 0 Å². The second-order valence-electron chi connectivity index (χ2n) is 13.0. The third-order valence-corrected chi connectivity index (χ3v) is 10.2. The fourth-order valence-corrected chi connectivity index (χ4v) is 6.90. The highest BCUT2D eigenvalue weighted by Crippen LogP contribution is 2.30. The maximum absolute atomic E-state index is 14.4. The van der Waals surface area contributed by atoms with Crippen molar-refractivity contribution >= 4 is 27.6 Å². The Morgan fingerprint density at radius 2 is 1.78 bits per heavy atom. The molecule has 12 nitrogen and oxygen atoms in total. The number of aliphatic hydroxyl groups excluding tert-OH is 1. The Morgan fingerprint density at radius 1 is 1.08 bits per heavy atom. The van der Waals surface area contributed by atoms with Crippen LogP contribution in [-0.2, 0) is 21.3 Å². The molecule has 3 aromatic rings. The molecule has 1 heterocycles. The van der Waals surface area contributed by atoms with E-state index in [1.807, 2.05) is 20.9 Å². The molecule has 0 radical (unpaired) electrons. The maximum Gasteiger partial charge on any atom is 0.335 e. The Bertz CT molecular complexity index is 1680. The number of rotatable bonds is 11. The lowest BCUT2D eigenvalue weighted by Crippen LogP contribution is -2.47. The normalized spacial score (nSPS) is 19.9. The zero-order valence-electron chi connectivity index (χ0n) is 29.4. The molecular weight excluding hydrogens is 662 g/mol. The number of aromatic carboxylic acids is 1. The third-order valence-electron chi connectivity index (χ3n) is 8.82. The lowest BCUT2D eigenvalue weighted by atomic mass is 10.0. The second-order valence-corrected chi connectivity index (χ2v) is 14.7. The average Bonchev–Trinajstić information content (AvgIpc) is 3.09. The van der Waals surface area contributed by atoms with E-state index in [4.69, 9.17) is 14.2 Å². The minimum Gasteiger partial charge on any atom is -0.497 e. The summed E-state index contributed by atoms with van der Waals surface area (Å²) >= 11 is 0. The molecule has 0 saturated carbocycles. The molecule has 0 fully saturated rings. The number of nitrogens with zero attached hydrogens (tertiary/aromatic N) is 2. The molecule has 0 bridgehead atoms. The largest absolute Gasteiger partial charge is 0.497 e. The highest BCUT2D eigenvalue weighted by Gasteiger charge is 2.31. The number of aliphatic hydroxyl groups is 1. The number of benzene rings is 3. The summed E-state index contributed by atoms with van der Waals surface area (Å²) in [6.45, 7) is 7.31. The SMILES string of the molecule is COc1ccc(S(=O)(=O)Nc2ccc3c(c2)C(=O)N([C@@H](C)CO)C[C@@H](C)[C@H](CN(C)Cc2ccc(C(=O)O)cc2)OCCCC[C@@H](C)O3)cc1. The van der Waals surface area contributed by atoms with E-state index in [2.05, 4.69) is 9.62 Å². The van der Waals surface area contributed by atoms with Crippen molar-refractivity contribution in [1.29, 1.82) is 0 Å². The number of nitrogens with one attached hydrogen (secondary N) is 1. The van der Waals surface area contributed by atoms with Crippen LogP contribution in [0.4, 0.5) is 5.69 Å². The molecule has 0 unspecified atom stereocenters. The van der Waals surface area contributed by atoms with Crippen molar-refractivity contribution < 1.29 is 42.4 Å². The Balaban J connectivity index is 1.61. The number of hydrogen-bond donors (Lipinski definition) is 3. The van der Waals surface area contributed by atoms with Crippen LogP contribution in [0, 0.1) is 5.92 Å². The first-order chi connectivity index (χ1) is 23.8. The molecule has 50 heavy (non-hydrogen) atoms. The van der Waals surface area contributed by atoms with Crippen molar-refractivity contribution in [1.82, 2.24) is 9.80 Å². The lowest BCUT2D eigenvalue weighted by Gasteiger charge is -2.36. The van der Waals surface area contributed by atoms with Gasteiger partial charge < -0.3 is 29.3 Å². The summed E-state index contributed by atoms with van der Waals surface area (Å²) in [6, 6.07) is 16.9. The Labute approximate surface area is 295 Å². The second kappa shape index (κ2) is 17.7. The third kappa shape index (κ3) is 10.4. The van der Waals surface area contributed by atoms with Gasteiger partial charge in [-0.15, -0.1) is 0 Å². The fraction of sp³-hybridized carbons (Fsp3) is 0.459. The van der Waals surface area contributed by atoms with Gasteiger partial charge in [0, 0.05) is 37.8 Å². The zero-order valence-corrected chi connectivity index (χ0v) is 30.2. The summed E-state index contributed by atoms with van der Waals surface area (Å²) in [5.74, 6) is -0.693.